The van der Waals surface area contributed by atoms with E-state index in [4.69, 9.17) is 0 Å². The topological polar surface area (TPSA) is 32.3 Å². The summed E-state index contributed by atoms with van der Waals surface area (Å²) in [4.78, 5) is 15.6. The first kappa shape index (κ1) is 22.1. The molecule has 0 saturated carbocycles. The van der Waals surface area contributed by atoms with Gasteiger partial charge in [0.1, 0.15) is 0 Å². The molecule has 4 rings (SSSR count). The molecule has 1 aliphatic rings. The van der Waals surface area contributed by atoms with E-state index in [0.717, 1.165) is 48.5 Å². The fourth-order valence-corrected chi connectivity index (χ4v) is 4.48. The number of rotatable bonds is 7. The standard InChI is InChI=1S/C29H34N2O/c1-22-18-20-31(21-19-22)27-16-14-25(15-17-27)23(2)30-29(32)28-11-7-6-10-26(28)13-12-24-8-4-3-5-9-24/h3-11,14-17,22-23H,12-13,18-21H2,1-2H3,(H,30,32)/t23-/m1/s1. The molecule has 0 aliphatic carbocycles. The van der Waals surface area contributed by atoms with Crippen LogP contribution in [0.1, 0.15) is 59.8 Å². The zero-order valence-electron chi connectivity index (χ0n) is 19.3. The van der Waals surface area contributed by atoms with Crippen molar-refractivity contribution in [2.24, 2.45) is 5.92 Å². The monoisotopic (exact) mass is 426 g/mol. The number of anilines is 1. The summed E-state index contributed by atoms with van der Waals surface area (Å²) in [5.74, 6) is 0.826. The Morgan fingerprint density at radius 2 is 1.56 bits per heavy atom. The van der Waals surface area contributed by atoms with Gasteiger partial charge < -0.3 is 10.2 Å². The lowest BCUT2D eigenvalue weighted by atomic mass is 9.98. The summed E-state index contributed by atoms with van der Waals surface area (Å²) in [7, 11) is 0. The van der Waals surface area contributed by atoms with Crippen molar-refractivity contribution in [2.45, 2.75) is 45.6 Å². The van der Waals surface area contributed by atoms with E-state index in [9.17, 15) is 4.79 Å². The lowest BCUT2D eigenvalue weighted by Crippen LogP contribution is -2.32. The number of amides is 1. The van der Waals surface area contributed by atoms with Crippen LogP contribution in [-0.2, 0) is 12.8 Å². The molecule has 0 unspecified atom stereocenters. The normalized spacial score (nSPS) is 15.4. The van der Waals surface area contributed by atoms with Crippen molar-refractivity contribution in [3.63, 3.8) is 0 Å². The van der Waals surface area contributed by atoms with E-state index in [2.05, 4.69) is 78.7 Å². The van der Waals surface area contributed by atoms with Gasteiger partial charge in [0.2, 0.25) is 0 Å². The highest BCUT2D eigenvalue weighted by Gasteiger charge is 2.17. The van der Waals surface area contributed by atoms with E-state index < -0.39 is 0 Å². The van der Waals surface area contributed by atoms with Crippen molar-refractivity contribution in [1.29, 1.82) is 0 Å². The molecule has 3 aromatic rings. The Morgan fingerprint density at radius 1 is 0.906 bits per heavy atom. The summed E-state index contributed by atoms with van der Waals surface area (Å²) in [6.07, 6.45) is 4.30. The molecule has 3 nitrogen and oxygen atoms in total. The molecule has 0 bridgehead atoms. The van der Waals surface area contributed by atoms with Crippen LogP contribution >= 0.6 is 0 Å². The first-order chi connectivity index (χ1) is 15.6. The number of benzene rings is 3. The molecule has 1 atom stereocenters. The first-order valence-electron chi connectivity index (χ1n) is 11.9. The van der Waals surface area contributed by atoms with Gasteiger partial charge >= 0.3 is 0 Å². The number of piperidine rings is 1. The highest BCUT2D eigenvalue weighted by atomic mass is 16.1. The van der Waals surface area contributed by atoms with E-state index in [1.807, 2.05) is 24.3 Å². The van der Waals surface area contributed by atoms with E-state index in [0.29, 0.717) is 0 Å². The van der Waals surface area contributed by atoms with Gasteiger partial charge in [-0.3, -0.25) is 4.79 Å². The second-order valence-corrected chi connectivity index (χ2v) is 9.10. The summed E-state index contributed by atoms with van der Waals surface area (Å²) in [6, 6.07) is 27.0. The fraction of sp³-hybridized carbons (Fsp3) is 0.345. The Kier molecular flexibility index (Phi) is 7.26. The lowest BCUT2D eigenvalue weighted by Gasteiger charge is -2.32. The largest absolute Gasteiger partial charge is 0.372 e. The van der Waals surface area contributed by atoms with Crippen LogP contribution in [0.5, 0.6) is 0 Å². The maximum absolute atomic E-state index is 13.1. The van der Waals surface area contributed by atoms with Gasteiger partial charge in [-0.1, -0.05) is 67.6 Å². The minimum Gasteiger partial charge on any atom is -0.372 e. The Hall–Kier alpha value is -3.07. The molecule has 3 aromatic carbocycles. The highest BCUT2D eigenvalue weighted by Crippen LogP contribution is 2.25. The number of hydrogen-bond donors (Lipinski definition) is 1. The zero-order valence-corrected chi connectivity index (χ0v) is 19.3. The molecule has 1 saturated heterocycles. The number of nitrogens with one attached hydrogen (secondary N) is 1. The van der Waals surface area contributed by atoms with Crippen LogP contribution < -0.4 is 10.2 Å². The molecule has 166 valence electrons. The van der Waals surface area contributed by atoms with Gasteiger partial charge in [-0.2, -0.15) is 0 Å². The van der Waals surface area contributed by atoms with Gasteiger partial charge in [0.25, 0.3) is 5.91 Å². The van der Waals surface area contributed by atoms with Gasteiger partial charge in [-0.15, -0.1) is 0 Å². The highest BCUT2D eigenvalue weighted by molar-refractivity contribution is 5.96. The van der Waals surface area contributed by atoms with E-state index in [-0.39, 0.29) is 11.9 Å². The van der Waals surface area contributed by atoms with Gasteiger partial charge in [0.05, 0.1) is 6.04 Å². The number of aryl methyl sites for hydroxylation is 2. The third-order valence-electron chi connectivity index (χ3n) is 6.68. The van der Waals surface area contributed by atoms with Crippen LogP contribution in [0.15, 0.2) is 78.9 Å². The average Bonchev–Trinajstić information content (AvgIpc) is 2.84. The predicted octanol–water partition coefficient (Wildman–Crippen LogP) is 6.20. The molecule has 32 heavy (non-hydrogen) atoms. The van der Waals surface area contributed by atoms with Crippen LogP contribution in [0, 0.1) is 5.92 Å². The Balaban J connectivity index is 1.38. The smallest absolute Gasteiger partial charge is 0.252 e. The van der Waals surface area contributed by atoms with E-state index in [1.54, 1.807) is 0 Å². The van der Waals surface area contributed by atoms with Crippen LogP contribution in [0.3, 0.4) is 0 Å². The quantitative estimate of drug-likeness (QED) is 0.488. The average molecular weight is 427 g/mol. The molecule has 1 heterocycles. The maximum atomic E-state index is 13.1. The van der Waals surface area contributed by atoms with Gasteiger partial charge in [-0.25, -0.2) is 0 Å². The molecule has 0 spiro atoms. The number of nitrogens with zero attached hydrogens (tertiary/aromatic N) is 1. The number of carbonyl (C=O) groups is 1. The SMILES string of the molecule is CC1CCN(c2ccc([C@@H](C)NC(=O)c3ccccc3CCc3ccccc3)cc2)CC1. The lowest BCUT2D eigenvalue weighted by molar-refractivity contribution is 0.0939. The second kappa shape index (κ2) is 10.5. The molecule has 0 radical (unpaired) electrons. The van der Waals surface area contributed by atoms with Crippen LogP contribution in [0.4, 0.5) is 5.69 Å². The van der Waals surface area contributed by atoms with Crippen molar-refractivity contribution in [3.05, 3.63) is 101 Å². The first-order valence-corrected chi connectivity index (χ1v) is 11.9. The predicted molar refractivity (Wildman–Crippen MR) is 133 cm³/mol. The van der Waals surface area contributed by atoms with Crippen molar-refractivity contribution in [3.8, 4) is 0 Å². The van der Waals surface area contributed by atoms with Crippen LogP contribution in [-0.4, -0.2) is 19.0 Å². The van der Waals surface area contributed by atoms with Crippen molar-refractivity contribution < 1.29 is 4.79 Å². The van der Waals surface area contributed by atoms with Gasteiger partial charge in [-0.05, 0) is 73.4 Å². The van der Waals surface area contributed by atoms with Crippen LogP contribution in [0.2, 0.25) is 0 Å². The van der Waals surface area contributed by atoms with Crippen molar-refractivity contribution in [2.75, 3.05) is 18.0 Å². The number of hydrogen-bond acceptors (Lipinski definition) is 2. The molecule has 1 fully saturated rings. The minimum atomic E-state index is -0.0416. The maximum Gasteiger partial charge on any atom is 0.252 e. The van der Waals surface area contributed by atoms with Gasteiger partial charge in [0.15, 0.2) is 0 Å². The van der Waals surface area contributed by atoms with E-state index >= 15 is 0 Å². The molecule has 0 aromatic heterocycles. The summed E-state index contributed by atoms with van der Waals surface area (Å²) < 4.78 is 0. The molecule has 1 aliphatic heterocycles. The zero-order chi connectivity index (χ0) is 22.3. The molecular weight excluding hydrogens is 392 g/mol. The summed E-state index contributed by atoms with van der Waals surface area (Å²) in [5, 5.41) is 3.20. The Labute approximate surface area is 192 Å². The third-order valence-corrected chi connectivity index (χ3v) is 6.68. The molecule has 1 N–H and O–H groups in total. The summed E-state index contributed by atoms with van der Waals surface area (Å²) in [5.41, 5.74) is 5.57. The molecule has 3 heteroatoms. The minimum absolute atomic E-state index is 0.00439. The number of carbonyl (C=O) groups excluding carboxylic acids is 1. The second-order valence-electron chi connectivity index (χ2n) is 9.10. The van der Waals surface area contributed by atoms with Crippen molar-refractivity contribution in [1.82, 2.24) is 5.32 Å². The third kappa shape index (κ3) is 5.59. The van der Waals surface area contributed by atoms with E-state index in [1.165, 1.54) is 24.1 Å². The molecule has 1 amide bonds. The van der Waals surface area contributed by atoms with Crippen molar-refractivity contribution >= 4 is 11.6 Å². The Morgan fingerprint density at radius 3 is 2.28 bits per heavy atom. The summed E-state index contributed by atoms with van der Waals surface area (Å²) in [6.45, 7) is 6.66. The Bertz CT molecular complexity index is 1000. The summed E-state index contributed by atoms with van der Waals surface area (Å²) >= 11 is 0. The van der Waals surface area contributed by atoms with Crippen LogP contribution in [0.25, 0.3) is 0 Å². The molecular formula is C29H34N2O. The van der Waals surface area contributed by atoms with Gasteiger partial charge in [0, 0.05) is 24.3 Å². The fourth-order valence-electron chi connectivity index (χ4n) is 4.48.